The molecule has 1 aromatic carbocycles. The standard InChI is InChI=1S/C16H23NO3S/c1-14(2)10-12-21(19,20)17(3)13-16-8-5-4-7-15(16)9-6-11-18/h4-5,7-8,14,18H,10-13H2,1-3H3. The van der Waals surface area contributed by atoms with Crippen molar-refractivity contribution < 1.29 is 13.5 Å². The topological polar surface area (TPSA) is 57.6 Å². The monoisotopic (exact) mass is 309 g/mol. The number of aliphatic hydroxyl groups is 1. The summed E-state index contributed by atoms with van der Waals surface area (Å²) in [5.41, 5.74) is 1.59. The summed E-state index contributed by atoms with van der Waals surface area (Å²) in [4.78, 5) is 0. The molecule has 1 aromatic rings. The van der Waals surface area contributed by atoms with Gasteiger partial charge >= 0.3 is 0 Å². The summed E-state index contributed by atoms with van der Waals surface area (Å²) in [6.45, 7) is 4.10. The maximum atomic E-state index is 12.2. The Kier molecular flexibility index (Phi) is 6.90. The van der Waals surface area contributed by atoms with Crippen LogP contribution in [-0.2, 0) is 16.6 Å². The van der Waals surface area contributed by atoms with Crippen LogP contribution in [0.15, 0.2) is 24.3 Å². The predicted molar refractivity (Wildman–Crippen MR) is 85.1 cm³/mol. The number of aliphatic hydroxyl groups excluding tert-OH is 1. The molecule has 0 amide bonds. The van der Waals surface area contributed by atoms with E-state index < -0.39 is 10.0 Å². The Morgan fingerprint density at radius 2 is 1.95 bits per heavy atom. The Hall–Kier alpha value is -1.35. The van der Waals surface area contributed by atoms with E-state index in [0.717, 1.165) is 11.1 Å². The van der Waals surface area contributed by atoms with Crippen LogP contribution in [0.25, 0.3) is 0 Å². The first kappa shape index (κ1) is 17.7. The fourth-order valence-electron chi connectivity index (χ4n) is 1.79. The molecule has 1 rings (SSSR count). The van der Waals surface area contributed by atoms with Crippen molar-refractivity contribution in [3.8, 4) is 11.8 Å². The van der Waals surface area contributed by atoms with Crippen molar-refractivity contribution in [1.82, 2.24) is 4.31 Å². The van der Waals surface area contributed by atoms with Crippen molar-refractivity contribution in [2.45, 2.75) is 26.8 Å². The molecule has 0 bridgehead atoms. The van der Waals surface area contributed by atoms with E-state index in [4.69, 9.17) is 5.11 Å². The smallest absolute Gasteiger partial charge is 0.214 e. The largest absolute Gasteiger partial charge is 0.384 e. The fourth-order valence-corrected chi connectivity index (χ4v) is 3.21. The minimum atomic E-state index is -3.26. The third-order valence-electron chi connectivity index (χ3n) is 3.14. The van der Waals surface area contributed by atoms with Gasteiger partial charge in [0.25, 0.3) is 0 Å². The Balaban J connectivity index is 2.86. The van der Waals surface area contributed by atoms with Gasteiger partial charge < -0.3 is 5.11 Å². The second kappa shape index (κ2) is 8.18. The zero-order valence-corrected chi connectivity index (χ0v) is 13.7. The first-order chi connectivity index (χ1) is 9.86. The number of hydrogen-bond donors (Lipinski definition) is 1. The summed E-state index contributed by atoms with van der Waals surface area (Å²) in [6, 6.07) is 7.38. The molecule has 116 valence electrons. The number of benzene rings is 1. The highest BCUT2D eigenvalue weighted by Crippen LogP contribution is 2.14. The first-order valence-electron chi connectivity index (χ1n) is 6.98. The molecule has 21 heavy (non-hydrogen) atoms. The molecule has 0 aliphatic carbocycles. The maximum absolute atomic E-state index is 12.2. The van der Waals surface area contributed by atoms with E-state index in [1.807, 2.05) is 38.1 Å². The van der Waals surface area contributed by atoms with Gasteiger partial charge in [0.15, 0.2) is 0 Å². The van der Waals surface area contributed by atoms with E-state index in [9.17, 15) is 8.42 Å². The van der Waals surface area contributed by atoms with Crippen LogP contribution in [0, 0.1) is 17.8 Å². The summed E-state index contributed by atoms with van der Waals surface area (Å²) < 4.78 is 25.8. The Morgan fingerprint density at radius 1 is 1.29 bits per heavy atom. The van der Waals surface area contributed by atoms with Crippen LogP contribution in [0.3, 0.4) is 0 Å². The first-order valence-corrected chi connectivity index (χ1v) is 8.59. The quantitative estimate of drug-likeness (QED) is 0.816. The Morgan fingerprint density at radius 3 is 2.57 bits per heavy atom. The van der Waals surface area contributed by atoms with Gasteiger partial charge in [0.05, 0.1) is 5.75 Å². The summed E-state index contributed by atoms with van der Waals surface area (Å²) in [6.07, 6.45) is 0.651. The van der Waals surface area contributed by atoms with E-state index in [0.29, 0.717) is 12.3 Å². The van der Waals surface area contributed by atoms with Gasteiger partial charge in [-0.2, -0.15) is 0 Å². The number of hydrogen-bond acceptors (Lipinski definition) is 3. The second-order valence-corrected chi connectivity index (χ2v) is 7.57. The summed E-state index contributed by atoms with van der Waals surface area (Å²) >= 11 is 0. The number of nitrogens with zero attached hydrogens (tertiary/aromatic N) is 1. The minimum Gasteiger partial charge on any atom is -0.384 e. The van der Waals surface area contributed by atoms with Gasteiger partial charge in [-0.05, 0) is 24.0 Å². The SMILES string of the molecule is CC(C)CCS(=O)(=O)N(C)Cc1ccccc1C#CCO. The zero-order chi connectivity index (χ0) is 15.9. The summed E-state index contributed by atoms with van der Waals surface area (Å²) in [5, 5.41) is 8.77. The van der Waals surface area contributed by atoms with Crippen LogP contribution in [0.4, 0.5) is 0 Å². The van der Waals surface area contributed by atoms with Gasteiger partial charge in [-0.25, -0.2) is 12.7 Å². The van der Waals surface area contributed by atoms with Crippen LogP contribution < -0.4 is 0 Å². The lowest BCUT2D eigenvalue weighted by molar-refractivity contribution is 0.350. The molecule has 5 heteroatoms. The molecular formula is C16H23NO3S. The highest BCUT2D eigenvalue weighted by atomic mass is 32.2. The molecule has 0 heterocycles. The van der Waals surface area contributed by atoms with E-state index >= 15 is 0 Å². The molecule has 0 atom stereocenters. The van der Waals surface area contributed by atoms with Crippen molar-refractivity contribution >= 4 is 10.0 Å². The van der Waals surface area contributed by atoms with E-state index in [-0.39, 0.29) is 18.9 Å². The molecule has 0 aliphatic rings. The second-order valence-electron chi connectivity index (χ2n) is 5.37. The summed E-state index contributed by atoms with van der Waals surface area (Å²) in [7, 11) is -1.67. The molecule has 0 saturated carbocycles. The van der Waals surface area contributed by atoms with Gasteiger partial charge in [-0.3, -0.25) is 0 Å². The zero-order valence-electron chi connectivity index (χ0n) is 12.8. The lowest BCUT2D eigenvalue weighted by atomic mass is 10.1. The highest BCUT2D eigenvalue weighted by Gasteiger charge is 2.19. The molecule has 0 fully saturated rings. The van der Waals surface area contributed by atoms with Crippen LogP contribution in [-0.4, -0.2) is 37.2 Å². The van der Waals surface area contributed by atoms with Crippen molar-refractivity contribution in [1.29, 1.82) is 0 Å². The molecule has 0 radical (unpaired) electrons. The lowest BCUT2D eigenvalue weighted by Gasteiger charge is -2.18. The molecule has 0 aromatic heterocycles. The molecular weight excluding hydrogens is 286 g/mol. The maximum Gasteiger partial charge on any atom is 0.214 e. The molecule has 0 unspecified atom stereocenters. The van der Waals surface area contributed by atoms with Crippen molar-refractivity contribution in [3.05, 3.63) is 35.4 Å². The number of rotatable bonds is 6. The van der Waals surface area contributed by atoms with Crippen LogP contribution in [0.1, 0.15) is 31.4 Å². The molecule has 4 nitrogen and oxygen atoms in total. The van der Waals surface area contributed by atoms with E-state index in [1.165, 1.54) is 4.31 Å². The Labute approximate surface area is 127 Å². The molecule has 0 saturated heterocycles. The van der Waals surface area contributed by atoms with Gasteiger partial charge in [-0.15, -0.1) is 0 Å². The van der Waals surface area contributed by atoms with Crippen LogP contribution in [0.5, 0.6) is 0 Å². The normalized spacial score (nSPS) is 11.5. The van der Waals surface area contributed by atoms with Crippen LogP contribution >= 0.6 is 0 Å². The van der Waals surface area contributed by atoms with Gasteiger partial charge in [0, 0.05) is 19.2 Å². The average Bonchev–Trinajstić information content (AvgIpc) is 2.44. The lowest BCUT2D eigenvalue weighted by Crippen LogP contribution is -2.29. The van der Waals surface area contributed by atoms with Crippen molar-refractivity contribution in [2.75, 3.05) is 19.4 Å². The minimum absolute atomic E-state index is 0.158. The molecule has 0 spiro atoms. The average molecular weight is 309 g/mol. The van der Waals surface area contributed by atoms with E-state index in [2.05, 4.69) is 11.8 Å². The summed E-state index contributed by atoms with van der Waals surface area (Å²) in [5.74, 6) is 5.96. The van der Waals surface area contributed by atoms with Crippen molar-refractivity contribution in [2.24, 2.45) is 5.92 Å². The van der Waals surface area contributed by atoms with Crippen LogP contribution in [0.2, 0.25) is 0 Å². The fraction of sp³-hybridized carbons (Fsp3) is 0.500. The Bertz CT molecular complexity index is 612. The van der Waals surface area contributed by atoms with E-state index in [1.54, 1.807) is 7.05 Å². The number of sulfonamides is 1. The van der Waals surface area contributed by atoms with Crippen molar-refractivity contribution in [3.63, 3.8) is 0 Å². The molecule has 0 aliphatic heterocycles. The highest BCUT2D eigenvalue weighted by molar-refractivity contribution is 7.89. The van der Waals surface area contributed by atoms with Gasteiger partial charge in [-0.1, -0.05) is 43.9 Å². The predicted octanol–water partition coefficient (Wildman–Crippen LogP) is 1.84. The molecule has 1 N–H and O–H groups in total. The third kappa shape index (κ3) is 5.88. The van der Waals surface area contributed by atoms with Gasteiger partial charge in [0.2, 0.25) is 10.0 Å². The third-order valence-corrected chi connectivity index (χ3v) is 4.97. The van der Waals surface area contributed by atoms with Gasteiger partial charge in [0.1, 0.15) is 6.61 Å².